The van der Waals surface area contributed by atoms with Crippen molar-refractivity contribution in [2.24, 2.45) is 0 Å². The number of anilines is 3. The summed E-state index contributed by atoms with van der Waals surface area (Å²) in [5.74, 6) is 0.783. The number of rotatable bonds is 6. The van der Waals surface area contributed by atoms with Gasteiger partial charge in [0.05, 0.1) is 7.11 Å². The van der Waals surface area contributed by atoms with Crippen LogP contribution in [0.3, 0.4) is 0 Å². The molecule has 0 saturated heterocycles. The Morgan fingerprint density at radius 1 is 1.00 bits per heavy atom. The lowest BCUT2D eigenvalue weighted by Crippen LogP contribution is -1.94. The van der Waals surface area contributed by atoms with Crippen molar-refractivity contribution in [2.45, 2.75) is 6.42 Å². The average molecular weight is 369 g/mol. The van der Waals surface area contributed by atoms with E-state index in [9.17, 15) is 4.79 Å². The van der Waals surface area contributed by atoms with Crippen LogP contribution < -0.4 is 15.8 Å². The minimum Gasteiger partial charge on any atom is -0.496 e. The molecule has 0 aliphatic rings. The highest BCUT2D eigenvalue weighted by Gasteiger charge is 2.08. The minimum atomic E-state index is 0. The van der Waals surface area contributed by atoms with Crippen LogP contribution in [0.25, 0.3) is 11.1 Å². The van der Waals surface area contributed by atoms with Gasteiger partial charge in [-0.25, -0.2) is 0 Å². The first-order chi connectivity index (χ1) is 12.2. The van der Waals surface area contributed by atoms with Crippen molar-refractivity contribution in [3.05, 3.63) is 72.3 Å². The summed E-state index contributed by atoms with van der Waals surface area (Å²) in [6.45, 7) is 0. The predicted molar refractivity (Wildman–Crippen MR) is 110 cm³/mol. The molecule has 134 valence electrons. The fourth-order valence-electron chi connectivity index (χ4n) is 2.71. The number of ether oxygens (including phenoxy) is 1. The predicted octanol–water partition coefficient (Wildman–Crippen LogP) is 4.85. The second-order valence-electron chi connectivity index (χ2n) is 5.73. The van der Waals surface area contributed by atoms with Gasteiger partial charge in [0.25, 0.3) is 0 Å². The second kappa shape index (κ2) is 8.92. The molecule has 3 rings (SSSR count). The molecule has 0 saturated carbocycles. The van der Waals surface area contributed by atoms with Gasteiger partial charge in [-0.15, -0.1) is 12.4 Å². The Bertz CT molecular complexity index is 879. The van der Waals surface area contributed by atoms with Crippen LogP contribution in [0, 0.1) is 0 Å². The highest BCUT2D eigenvalue weighted by molar-refractivity contribution is 5.85. The highest BCUT2D eigenvalue weighted by atomic mass is 35.5. The van der Waals surface area contributed by atoms with Gasteiger partial charge < -0.3 is 20.6 Å². The lowest BCUT2D eigenvalue weighted by molar-refractivity contribution is -0.107. The van der Waals surface area contributed by atoms with Crippen LogP contribution in [0.15, 0.2) is 66.7 Å². The number of methoxy groups -OCH3 is 1. The number of aldehydes is 1. The molecular formula is C21H21ClN2O2. The normalized spacial score (nSPS) is 9.88. The maximum Gasteiger partial charge on any atom is 0.126 e. The third kappa shape index (κ3) is 4.55. The number of nitrogen functional groups attached to an aromatic ring is 1. The molecule has 0 fully saturated rings. The highest BCUT2D eigenvalue weighted by Crippen LogP contribution is 2.34. The van der Waals surface area contributed by atoms with Crippen LogP contribution in [0.5, 0.6) is 5.75 Å². The van der Waals surface area contributed by atoms with E-state index in [1.165, 1.54) is 0 Å². The summed E-state index contributed by atoms with van der Waals surface area (Å²) < 4.78 is 5.51. The van der Waals surface area contributed by atoms with Gasteiger partial charge in [-0.3, -0.25) is 0 Å². The van der Waals surface area contributed by atoms with E-state index < -0.39 is 0 Å². The molecule has 0 aliphatic carbocycles. The molecule has 4 nitrogen and oxygen atoms in total. The molecule has 26 heavy (non-hydrogen) atoms. The molecular weight excluding hydrogens is 348 g/mol. The third-order valence-electron chi connectivity index (χ3n) is 3.96. The fraction of sp³-hybridized carbons (Fsp3) is 0.0952. The Morgan fingerprint density at radius 3 is 2.42 bits per heavy atom. The lowest BCUT2D eigenvalue weighted by Gasteiger charge is -2.13. The van der Waals surface area contributed by atoms with Gasteiger partial charge in [0, 0.05) is 29.0 Å². The fourth-order valence-corrected chi connectivity index (χ4v) is 2.71. The molecule has 3 aromatic carbocycles. The van der Waals surface area contributed by atoms with Crippen molar-refractivity contribution in [2.75, 3.05) is 18.2 Å². The average Bonchev–Trinajstić information content (AvgIpc) is 2.64. The van der Waals surface area contributed by atoms with Crippen molar-refractivity contribution >= 4 is 35.8 Å². The quantitative estimate of drug-likeness (QED) is 0.482. The van der Waals surface area contributed by atoms with Crippen molar-refractivity contribution in [1.29, 1.82) is 0 Å². The van der Waals surface area contributed by atoms with Gasteiger partial charge in [-0.2, -0.15) is 0 Å². The first-order valence-electron chi connectivity index (χ1n) is 8.03. The molecule has 3 aromatic rings. The van der Waals surface area contributed by atoms with Gasteiger partial charge in [0.2, 0.25) is 0 Å². The Hall–Kier alpha value is -2.98. The summed E-state index contributed by atoms with van der Waals surface area (Å²) in [5.41, 5.74) is 11.3. The number of benzene rings is 3. The zero-order valence-electron chi connectivity index (χ0n) is 14.4. The topological polar surface area (TPSA) is 64.3 Å². The molecule has 0 heterocycles. The van der Waals surface area contributed by atoms with E-state index in [-0.39, 0.29) is 12.4 Å². The van der Waals surface area contributed by atoms with Gasteiger partial charge >= 0.3 is 0 Å². The van der Waals surface area contributed by atoms with Crippen molar-refractivity contribution in [3.63, 3.8) is 0 Å². The Balaban J connectivity index is 0.00000243. The summed E-state index contributed by atoms with van der Waals surface area (Å²) in [4.78, 5) is 10.8. The molecule has 5 heteroatoms. The number of nitrogens with one attached hydrogen (secondary N) is 1. The largest absolute Gasteiger partial charge is 0.496 e. The van der Waals surface area contributed by atoms with Crippen LogP contribution in [-0.4, -0.2) is 13.4 Å². The van der Waals surface area contributed by atoms with E-state index in [1.807, 2.05) is 66.7 Å². The Labute approximate surface area is 159 Å². The number of carbonyl (C=O) groups excluding carboxylic acids is 1. The second-order valence-corrected chi connectivity index (χ2v) is 5.73. The van der Waals surface area contributed by atoms with Crippen LogP contribution >= 0.6 is 12.4 Å². The zero-order chi connectivity index (χ0) is 17.6. The van der Waals surface area contributed by atoms with Gasteiger partial charge in [0.15, 0.2) is 0 Å². The summed E-state index contributed by atoms with van der Waals surface area (Å²) in [7, 11) is 1.65. The smallest absolute Gasteiger partial charge is 0.126 e. The molecule has 0 aromatic heterocycles. The van der Waals surface area contributed by atoms with Gasteiger partial charge in [0.1, 0.15) is 12.0 Å². The Morgan fingerprint density at radius 2 is 1.73 bits per heavy atom. The maximum absolute atomic E-state index is 10.8. The summed E-state index contributed by atoms with van der Waals surface area (Å²) >= 11 is 0. The first-order valence-corrected chi connectivity index (χ1v) is 8.03. The van der Waals surface area contributed by atoms with E-state index >= 15 is 0 Å². The van der Waals surface area contributed by atoms with E-state index in [1.54, 1.807) is 7.11 Å². The third-order valence-corrected chi connectivity index (χ3v) is 3.96. The van der Waals surface area contributed by atoms with Crippen LogP contribution in [-0.2, 0) is 11.2 Å². The SMILES string of the molecule is COc1ccc(Nc2ccc(N)cc2)cc1-c1cccc(CC=O)c1.Cl. The first kappa shape index (κ1) is 19.3. The van der Waals surface area contributed by atoms with Crippen molar-refractivity contribution < 1.29 is 9.53 Å². The van der Waals surface area contributed by atoms with E-state index in [4.69, 9.17) is 10.5 Å². The van der Waals surface area contributed by atoms with Gasteiger partial charge in [-0.1, -0.05) is 24.3 Å². The van der Waals surface area contributed by atoms with Crippen molar-refractivity contribution in [3.8, 4) is 16.9 Å². The maximum atomic E-state index is 10.8. The van der Waals surface area contributed by atoms with E-state index in [0.29, 0.717) is 6.42 Å². The standard InChI is InChI=1S/C21H20N2O2.ClH/c1-25-21-10-9-19(23-18-7-5-17(22)6-8-18)14-20(21)16-4-2-3-15(13-16)11-12-24;/h2-10,12-14,23H,11,22H2,1H3;1H. The van der Waals surface area contributed by atoms with Gasteiger partial charge in [-0.05, 0) is 53.6 Å². The monoisotopic (exact) mass is 368 g/mol. The molecule has 0 amide bonds. The molecule has 0 unspecified atom stereocenters. The Kier molecular flexibility index (Phi) is 6.64. The summed E-state index contributed by atoms with van der Waals surface area (Å²) in [6, 6.07) is 21.4. The van der Waals surface area contributed by atoms with Crippen LogP contribution in [0.2, 0.25) is 0 Å². The lowest BCUT2D eigenvalue weighted by atomic mass is 10.0. The number of halogens is 1. The number of nitrogens with two attached hydrogens (primary N) is 1. The van der Waals surface area contributed by atoms with Crippen molar-refractivity contribution in [1.82, 2.24) is 0 Å². The molecule has 0 atom stereocenters. The minimum absolute atomic E-state index is 0. The number of carbonyl (C=O) groups is 1. The molecule has 3 N–H and O–H groups in total. The van der Waals surface area contributed by atoms with Crippen LogP contribution in [0.1, 0.15) is 5.56 Å². The molecule has 0 bridgehead atoms. The van der Waals surface area contributed by atoms with E-state index in [0.717, 1.165) is 45.8 Å². The molecule has 0 aliphatic heterocycles. The number of hydrogen-bond acceptors (Lipinski definition) is 4. The number of hydrogen-bond donors (Lipinski definition) is 2. The molecule has 0 radical (unpaired) electrons. The zero-order valence-corrected chi connectivity index (χ0v) is 15.3. The summed E-state index contributed by atoms with van der Waals surface area (Å²) in [5, 5.41) is 3.37. The van der Waals surface area contributed by atoms with E-state index in [2.05, 4.69) is 5.32 Å². The molecule has 0 spiro atoms. The van der Waals surface area contributed by atoms with Crippen LogP contribution in [0.4, 0.5) is 17.1 Å². The summed E-state index contributed by atoms with van der Waals surface area (Å²) in [6.07, 6.45) is 1.31.